The van der Waals surface area contributed by atoms with Gasteiger partial charge in [-0.05, 0) is 43.3 Å². The zero-order valence-corrected chi connectivity index (χ0v) is 19.2. The third-order valence-corrected chi connectivity index (χ3v) is 5.45. The number of carbonyl (C=O) groups excluding carboxylic acids is 2. The number of alkyl halides is 3. The van der Waals surface area contributed by atoms with Gasteiger partial charge in [-0.2, -0.15) is 13.2 Å². The number of amides is 2. The number of carbonyl (C=O) groups is 2. The molecule has 0 atom stereocenters. The Balaban J connectivity index is 1.65. The van der Waals surface area contributed by atoms with E-state index in [1.807, 2.05) is 36.1 Å². The number of anilines is 3. The van der Waals surface area contributed by atoms with Crippen molar-refractivity contribution in [2.24, 2.45) is 0 Å². The van der Waals surface area contributed by atoms with Gasteiger partial charge in [0.25, 0.3) is 0 Å². The van der Waals surface area contributed by atoms with Crippen LogP contribution in [0.2, 0.25) is 0 Å². The number of benzene rings is 2. The molecule has 10 heteroatoms. The van der Waals surface area contributed by atoms with Gasteiger partial charge in [0.1, 0.15) is 0 Å². The minimum atomic E-state index is -4.54. The molecule has 1 aliphatic heterocycles. The number of ether oxygens (including phenoxy) is 1. The molecule has 2 aromatic carbocycles. The molecule has 0 spiro atoms. The fraction of sp³-hybridized carbons (Fsp3) is 0.417. The van der Waals surface area contributed by atoms with Crippen molar-refractivity contribution in [3.63, 3.8) is 0 Å². The van der Waals surface area contributed by atoms with Gasteiger partial charge in [-0.1, -0.05) is 25.1 Å². The van der Waals surface area contributed by atoms with Gasteiger partial charge < -0.3 is 20.3 Å². The quantitative estimate of drug-likeness (QED) is 0.607. The van der Waals surface area contributed by atoms with Crippen molar-refractivity contribution in [2.45, 2.75) is 19.5 Å². The molecule has 1 saturated heterocycles. The standard InChI is InChI=1S/C24H29F3N4O3/c1-3-17-6-4-5-7-19(17)28-22(32)15-30(2)16-23(33)29-20-14-18(24(25,26)27)8-9-21(20)31-10-12-34-13-11-31/h4-9,14H,3,10-13,15-16H2,1-2H3,(H,28,32)(H,29,33). The zero-order valence-electron chi connectivity index (χ0n) is 19.2. The molecule has 184 valence electrons. The van der Waals surface area contributed by atoms with E-state index in [2.05, 4.69) is 10.6 Å². The molecule has 0 saturated carbocycles. The highest BCUT2D eigenvalue weighted by atomic mass is 19.4. The first-order chi connectivity index (χ1) is 16.2. The van der Waals surface area contributed by atoms with E-state index in [0.29, 0.717) is 37.7 Å². The van der Waals surface area contributed by atoms with Gasteiger partial charge in [0, 0.05) is 18.8 Å². The molecule has 0 aromatic heterocycles. The summed E-state index contributed by atoms with van der Waals surface area (Å²) in [4.78, 5) is 28.4. The SMILES string of the molecule is CCc1ccccc1NC(=O)CN(C)CC(=O)Nc1cc(C(F)(F)F)ccc1N1CCOCC1. The Hall–Kier alpha value is -3.11. The number of nitrogens with zero attached hydrogens (tertiary/aromatic N) is 2. The first-order valence-corrected chi connectivity index (χ1v) is 11.1. The summed E-state index contributed by atoms with van der Waals surface area (Å²) in [6.07, 6.45) is -3.77. The van der Waals surface area contributed by atoms with E-state index in [4.69, 9.17) is 4.74 Å². The number of para-hydroxylation sites is 1. The van der Waals surface area contributed by atoms with Crippen LogP contribution in [0.5, 0.6) is 0 Å². The summed E-state index contributed by atoms with van der Waals surface area (Å²) in [6, 6.07) is 10.8. The lowest BCUT2D eigenvalue weighted by Gasteiger charge is -2.31. The fourth-order valence-corrected chi connectivity index (χ4v) is 3.77. The zero-order chi connectivity index (χ0) is 24.7. The topological polar surface area (TPSA) is 73.9 Å². The molecule has 2 aromatic rings. The smallest absolute Gasteiger partial charge is 0.378 e. The Kier molecular flexibility index (Phi) is 8.51. The Morgan fingerprint density at radius 1 is 1.00 bits per heavy atom. The lowest BCUT2D eigenvalue weighted by molar-refractivity contribution is -0.137. The average Bonchev–Trinajstić information content (AvgIpc) is 2.79. The van der Waals surface area contributed by atoms with E-state index in [1.165, 1.54) is 11.0 Å². The first kappa shape index (κ1) is 25.5. The molecule has 1 aliphatic rings. The number of hydrogen-bond acceptors (Lipinski definition) is 5. The average molecular weight is 479 g/mol. The van der Waals surface area contributed by atoms with Crippen molar-refractivity contribution >= 4 is 28.9 Å². The molecular formula is C24H29F3N4O3. The van der Waals surface area contributed by atoms with E-state index in [0.717, 1.165) is 24.1 Å². The second-order valence-electron chi connectivity index (χ2n) is 8.11. The number of likely N-dealkylation sites (N-methyl/N-ethyl adjacent to an activating group) is 1. The second-order valence-corrected chi connectivity index (χ2v) is 8.11. The van der Waals surface area contributed by atoms with Gasteiger partial charge in [-0.25, -0.2) is 0 Å². The minimum Gasteiger partial charge on any atom is -0.378 e. The van der Waals surface area contributed by atoms with Gasteiger partial charge in [0.05, 0.1) is 43.2 Å². The summed E-state index contributed by atoms with van der Waals surface area (Å²) in [7, 11) is 1.60. The maximum absolute atomic E-state index is 13.3. The predicted molar refractivity (Wildman–Crippen MR) is 125 cm³/mol. The Labute approximate surface area is 196 Å². The van der Waals surface area contributed by atoms with Gasteiger partial charge in [0.2, 0.25) is 11.8 Å². The molecule has 34 heavy (non-hydrogen) atoms. The maximum Gasteiger partial charge on any atom is 0.416 e. The molecule has 0 radical (unpaired) electrons. The van der Waals surface area contributed by atoms with E-state index < -0.39 is 17.6 Å². The first-order valence-electron chi connectivity index (χ1n) is 11.1. The molecule has 0 bridgehead atoms. The lowest BCUT2D eigenvalue weighted by atomic mass is 10.1. The third-order valence-electron chi connectivity index (χ3n) is 5.45. The van der Waals surface area contributed by atoms with E-state index in [9.17, 15) is 22.8 Å². The molecule has 0 aliphatic carbocycles. The monoisotopic (exact) mass is 478 g/mol. The summed E-state index contributed by atoms with van der Waals surface area (Å²) in [5, 5.41) is 5.43. The van der Waals surface area contributed by atoms with E-state index >= 15 is 0 Å². The molecule has 1 fully saturated rings. The molecule has 7 nitrogen and oxygen atoms in total. The summed E-state index contributed by atoms with van der Waals surface area (Å²) in [6.45, 7) is 3.69. The molecule has 0 unspecified atom stereocenters. The van der Waals surface area contributed by atoms with Crippen LogP contribution in [0.25, 0.3) is 0 Å². The number of aryl methyl sites for hydroxylation is 1. The highest BCUT2D eigenvalue weighted by Gasteiger charge is 2.32. The molecule has 2 amide bonds. The second kappa shape index (κ2) is 11.3. The minimum absolute atomic E-state index is 0.0512. The largest absolute Gasteiger partial charge is 0.416 e. The van der Waals surface area contributed by atoms with Crippen LogP contribution >= 0.6 is 0 Å². The van der Waals surface area contributed by atoms with Crippen molar-refractivity contribution in [1.82, 2.24) is 4.90 Å². The maximum atomic E-state index is 13.3. The lowest BCUT2D eigenvalue weighted by Crippen LogP contribution is -2.38. The number of nitrogens with one attached hydrogen (secondary N) is 2. The summed E-state index contributed by atoms with van der Waals surface area (Å²) in [5.74, 6) is -0.803. The molecule has 2 N–H and O–H groups in total. The van der Waals surface area contributed by atoms with E-state index in [1.54, 1.807) is 7.05 Å². The van der Waals surface area contributed by atoms with Crippen molar-refractivity contribution in [2.75, 3.05) is 62.0 Å². The van der Waals surface area contributed by atoms with Crippen LogP contribution in [0.1, 0.15) is 18.1 Å². The van der Waals surface area contributed by atoms with Gasteiger partial charge >= 0.3 is 6.18 Å². The predicted octanol–water partition coefficient (Wildman–Crippen LogP) is 3.61. The van der Waals surface area contributed by atoms with Gasteiger partial charge in [-0.3, -0.25) is 14.5 Å². The van der Waals surface area contributed by atoms with Gasteiger partial charge in [-0.15, -0.1) is 0 Å². The van der Waals surface area contributed by atoms with Crippen LogP contribution < -0.4 is 15.5 Å². The van der Waals surface area contributed by atoms with Crippen molar-refractivity contribution < 1.29 is 27.5 Å². The van der Waals surface area contributed by atoms with Crippen molar-refractivity contribution in [1.29, 1.82) is 0 Å². The number of rotatable bonds is 8. The van der Waals surface area contributed by atoms with Crippen molar-refractivity contribution in [3.8, 4) is 0 Å². The van der Waals surface area contributed by atoms with Crippen molar-refractivity contribution in [3.05, 3.63) is 53.6 Å². The summed E-state index contributed by atoms with van der Waals surface area (Å²) in [5.41, 5.74) is 1.45. The van der Waals surface area contributed by atoms with E-state index in [-0.39, 0.29) is 24.7 Å². The number of halogens is 3. The Bertz CT molecular complexity index is 1010. The van der Waals surface area contributed by atoms with Gasteiger partial charge in [0.15, 0.2) is 0 Å². The number of hydrogen-bond donors (Lipinski definition) is 2. The summed E-state index contributed by atoms with van der Waals surface area (Å²) >= 11 is 0. The highest BCUT2D eigenvalue weighted by Crippen LogP contribution is 2.35. The third kappa shape index (κ3) is 6.94. The molecule has 1 heterocycles. The Morgan fingerprint density at radius 2 is 1.62 bits per heavy atom. The highest BCUT2D eigenvalue weighted by molar-refractivity contribution is 5.97. The van der Waals surface area contributed by atoms with Crippen LogP contribution in [0.3, 0.4) is 0 Å². The molecular weight excluding hydrogens is 449 g/mol. The fourth-order valence-electron chi connectivity index (χ4n) is 3.77. The van der Waals surface area contributed by atoms with Crippen LogP contribution in [-0.4, -0.2) is 63.2 Å². The van der Waals surface area contributed by atoms with Crippen LogP contribution in [0, 0.1) is 0 Å². The van der Waals surface area contributed by atoms with Crippen LogP contribution in [-0.2, 0) is 26.9 Å². The number of morpholine rings is 1. The summed E-state index contributed by atoms with van der Waals surface area (Å²) < 4.78 is 45.1. The van der Waals surface area contributed by atoms with Crippen LogP contribution in [0.4, 0.5) is 30.2 Å². The Morgan fingerprint density at radius 3 is 2.24 bits per heavy atom. The normalized spacial score (nSPS) is 14.2. The molecule has 3 rings (SSSR count). The van der Waals surface area contributed by atoms with Crippen LogP contribution in [0.15, 0.2) is 42.5 Å².